The average molecular weight is 319 g/mol. The summed E-state index contributed by atoms with van der Waals surface area (Å²) in [6.07, 6.45) is 2.54. The van der Waals surface area contributed by atoms with Crippen LogP contribution in [0.3, 0.4) is 0 Å². The Kier molecular flexibility index (Phi) is 4.13. The number of hydrogen-bond donors (Lipinski definition) is 1. The second-order valence-corrected chi connectivity index (χ2v) is 6.29. The standard InChI is InChI=1S/C20H21N3O/c1-14-8-10-15(11-9-14)19-22-18-7-3-2-6-17(18)20(23-19)21-13-16-5-4-12-24-16/h2-3,6-11,16H,4-5,12-13H2,1H3,(H,21,22,23). The number of nitrogens with zero attached hydrogens (tertiary/aromatic N) is 2. The third-order valence-electron chi connectivity index (χ3n) is 4.43. The summed E-state index contributed by atoms with van der Waals surface area (Å²) in [5, 5.41) is 4.52. The first kappa shape index (κ1) is 15.1. The molecule has 4 nitrogen and oxygen atoms in total. The molecule has 2 aromatic carbocycles. The van der Waals surface area contributed by atoms with Crippen LogP contribution in [0.2, 0.25) is 0 Å². The van der Waals surface area contributed by atoms with Crippen molar-refractivity contribution in [3.05, 3.63) is 54.1 Å². The first-order valence-corrected chi connectivity index (χ1v) is 8.49. The molecule has 2 heterocycles. The van der Waals surface area contributed by atoms with Crippen LogP contribution in [0.1, 0.15) is 18.4 Å². The second kappa shape index (κ2) is 6.57. The fourth-order valence-electron chi connectivity index (χ4n) is 3.06. The van der Waals surface area contributed by atoms with Crippen molar-refractivity contribution in [2.45, 2.75) is 25.9 Å². The van der Waals surface area contributed by atoms with Gasteiger partial charge in [0.05, 0.1) is 11.6 Å². The van der Waals surface area contributed by atoms with Gasteiger partial charge in [-0.25, -0.2) is 9.97 Å². The molecular formula is C20H21N3O. The fraction of sp³-hybridized carbons (Fsp3) is 0.300. The molecule has 1 aromatic heterocycles. The van der Waals surface area contributed by atoms with E-state index in [0.29, 0.717) is 0 Å². The first-order chi connectivity index (χ1) is 11.8. The van der Waals surface area contributed by atoms with Gasteiger partial charge in [-0.1, -0.05) is 42.0 Å². The molecule has 1 N–H and O–H groups in total. The van der Waals surface area contributed by atoms with Crippen LogP contribution in [0.25, 0.3) is 22.3 Å². The largest absolute Gasteiger partial charge is 0.376 e. The molecular weight excluding hydrogens is 298 g/mol. The van der Waals surface area contributed by atoms with Crippen LogP contribution in [0, 0.1) is 6.92 Å². The molecule has 1 aliphatic heterocycles. The Hall–Kier alpha value is -2.46. The molecule has 0 spiro atoms. The van der Waals surface area contributed by atoms with Crippen LogP contribution in [-0.2, 0) is 4.74 Å². The van der Waals surface area contributed by atoms with E-state index >= 15 is 0 Å². The van der Waals surface area contributed by atoms with Crippen molar-refractivity contribution >= 4 is 16.7 Å². The van der Waals surface area contributed by atoms with E-state index in [0.717, 1.165) is 54.1 Å². The lowest BCUT2D eigenvalue weighted by molar-refractivity contribution is 0.120. The Balaban J connectivity index is 1.71. The summed E-state index contributed by atoms with van der Waals surface area (Å²) in [5.41, 5.74) is 3.22. The minimum atomic E-state index is 0.279. The molecule has 24 heavy (non-hydrogen) atoms. The van der Waals surface area contributed by atoms with Gasteiger partial charge < -0.3 is 10.1 Å². The summed E-state index contributed by atoms with van der Waals surface area (Å²) in [5.74, 6) is 1.63. The molecule has 1 saturated heterocycles. The third kappa shape index (κ3) is 3.10. The number of aromatic nitrogens is 2. The lowest BCUT2D eigenvalue weighted by atomic mass is 10.1. The molecule has 0 saturated carbocycles. The minimum absolute atomic E-state index is 0.279. The number of aryl methyl sites for hydroxylation is 1. The van der Waals surface area contributed by atoms with Gasteiger partial charge >= 0.3 is 0 Å². The van der Waals surface area contributed by atoms with E-state index in [9.17, 15) is 0 Å². The number of rotatable bonds is 4. The summed E-state index contributed by atoms with van der Waals surface area (Å²) >= 11 is 0. The Morgan fingerprint density at radius 1 is 1.08 bits per heavy atom. The van der Waals surface area contributed by atoms with Crippen LogP contribution in [-0.4, -0.2) is 29.2 Å². The van der Waals surface area contributed by atoms with Crippen LogP contribution in [0.4, 0.5) is 5.82 Å². The normalized spacial score (nSPS) is 17.3. The average Bonchev–Trinajstić information content (AvgIpc) is 3.13. The van der Waals surface area contributed by atoms with Gasteiger partial charge in [0, 0.05) is 24.1 Å². The number of anilines is 1. The highest BCUT2D eigenvalue weighted by molar-refractivity contribution is 5.90. The molecule has 1 unspecified atom stereocenters. The molecule has 0 amide bonds. The van der Waals surface area contributed by atoms with E-state index < -0.39 is 0 Å². The van der Waals surface area contributed by atoms with E-state index in [2.05, 4.69) is 42.6 Å². The third-order valence-corrected chi connectivity index (χ3v) is 4.43. The molecule has 1 aliphatic rings. The highest BCUT2D eigenvalue weighted by Gasteiger charge is 2.16. The fourth-order valence-corrected chi connectivity index (χ4v) is 3.06. The van der Waals surface area contributed by atoms with Gasteiger partial charge in [-0.3, -0.25) is 0 Å². The lowest BCUT2D eigenvalue weighted by Crippen LogP contribution is -2.19. The molecule has 0 aliphatic carbocycles. The molecule has 3 aromatic rings. The monoisotopic (exact) mass is 319 g/mol. The number of benzene rings is 2. The number of nitrogens with one attached hydrogen (secondary N) is 1. The van der Waals surface area contributed by atoms with Gasteiger partial charge in [0.1, 0.15) is 5.82 Å². The van der Waals surface area contributed by atoms with Crippen LogP contribution in [0.5, 0.6) is 0 Å². The molecule has 0 radical (unpaired) electrons. The van der Waals surface area contributed by atoms with Crippen molar-refractivity contribution in [1.82, 2.24) is 9.97 Å². The molecule has 122 valence electrons. The number of para-hydroxylation sites is 1. The van der Waals surface area contributed by atoms with Crippen molar-refractivity contribution in [3.8, 4) is 11.4 Å². The number of hydrogen-bond acceptors (Lipinski definition) is 4. The zero-order chi connectivity index (χ0) is 16.4. The number of ether oxygens (including phenoxy) is 1. The lowest BCUT2D eigenvalue weighted by Gasteiger charge is -2.14. The van der Waals surface area contributed by atoms with Gasteiger partial charge in [-0.15, -0.1) is 0 Å². The van der Waals surface area contributed by atoms with Crippen LogP contribution < -0.4 is 5.32 Å². The van der Waals surface area contributed by atoms with Gasteiger partial charge in [0.15, 0.2) is 5.82 Å². The second-order valence-electron chi connectivity index (χ2n) is 6.29. The van der Waals surface area contributed by atoms with E-state index in [-0.39, 0.29) is 6.10 Å². The highest BCUT2D eigenvalue weighted by Crippen LogP contribution is 2.25. The van der Waals surface area contributed by atoms with Crippen molar-refractivity contribution in [3.63, 3.8) is 0 Å². The van der Waals surface area contributed by atoms with Crippen molar-refractivity contribution in [2.24, 2.45) is 0 Å². The Morgan fingerprint density at radius 3 is 2.71 bits per heavy atom. The van der Waals surface area contributed by atoms with Crippen molar-refractivity contribution in [1.29, 1.82) is 0 Å². The van der Waals surface area contributed by atoms with Gasteiger partial charge in [0.2, 0.25) is 0 Å². The minimum Gasteiger partial charge on any atom is -0.376 e. The van der Waals surface area contributed by atoms with E-state index in [1.165, 1.54) is 5.56 Å². The smallest absolute Gasteiger partial charge is 0.162 e. The van der Waals surface area contributed by atoms with Gasteiger partial charge in [-0.05, 0) is 31.9 Å². The molecule has 4 heteroatoms. The molecule has 1 fully saturated rings. The Labute approximate surface area is 141 Å². The van der Waals surface area contributed by atoms with E-state index in [1.807, 2.05) is 18.2 Å². The summed E-state index contributed by atoms with van der Waals surface area (Å²) in [7, 11) is 0. The Bertz CT molecular complexity index is 839. The highest BCUT2D eigenvalue weighted by atomic mass is 16.5. The summed E-state index contributed by atoms with van der Waals surface area (Å²) in [4.78, 5) is 9.52. The maximum Gasteiger partial charge on any atom is 0.162 e. The van der Waals surface area contributed by atoms with Gasteiger partial charge in [-0.2, -0.15) is 0 Å². The van der Waals surface area contributed by atoms with Crippen LogP contribution >= 0.6 is 0 Å². The first-order valence-electron chi connectivity index (χ1n) is 8.49. The van der Waals surface area contributed by atoms with Crippen molar-refractivity contribution in [2.75, 3.05) is 18.5 Å². The molecule has 1 atom stereocenters. The van der Waals surface area contributed by atoms with E-state index in [1.54, 1.807) is 0 Å². The van der Waals surface area contributed by atoms with Crippen molar-refractivity contribution < 1.29 is 4.74 Å². The predicted molar refractivity (Wildman–Crippen MR) is 97.2 cm³/mol. The Morgan fingerprint density at radius 2 is 1.92 bits per heavy atom. The number of fused-ring (bicyclic) bond motifs is 1. The SMILES string of the molecule is Cc1ccc(-c2nc(NCC3CCCO3)c3ccccc3n2)cc1. The van der Waals surface area contributed by atoms with Crippen LogP contribution in [0.15, 0.2) is 48.5 Å². The molecule has 4 rings (SSSR count). The maximum absolute atomic E-state index is 5.71. The predicted octanol–water partition coefficient (Wildman–Crippen LogP) is 4.20. The quantitative estimate of drug-likeness (QED) is 0.783. The summed E-state index contributed by atoms with van der Waals surface area (Å²) in [6.45, 7) is 3.74. The summed E-state index contributed by atoms with van der Waals surface area (Å²) in [6, 6.07) is 16.5. The van der Waals surface area contributed by atoms with E-state index in [4.69, 9.17) is 14.7 Å². The zero-order valence-corrected chi connectivity index (χ0v) is 13.8. The van der Waals surface area contributed by atoms with Gasteiger partial charge in [0.25, 0.3) is 0 Å². The maximum atomic E-state index is 5.71. The zero-order valence-electron chi connectivity index (χ0n) is 13.8. The summed E-state index contributed by atoms with van der Waals surface area (Å²) < 4.78 is 5.71. The topological polar surface area (TPSA) is 47.0 Å². The molecule has 0 bridgehead atoms.